The van der Waals surface area contributed by atoms with Crippen molar-refractivity contribution >= 4 is 29.1 Å². The summed E-state index contributed by atoms with van der Waals surface area (Å²) < 4.78 is 1.44. The topological polar surface area (TPSA) is 93.1 Å². The fourth-order valence-corrected chi connectivity index (χ4v) is 2.86. The van der Waals surface area contributed by atoms with Crippen molar-refractivity contribution in [2.45, 2.75) is 6.92 Å². The molecule has 3 aromatic rings. The van der Waals surface area contributed by atoms with Gasteiger partial charge in [-0.25, -0.2) is 4.68 Å². The number of benzene rings is 2. The average Bonchev–Trinajstić information content (AvgIpc) is 2.68. The van der Waals surface area contributed by atoms with E-state index in [0.717, 1.165) is 0 Å². The van der Waals surface area contributed by atoms with Gasteiger partial charge in [0.25, 0.3) is 11.8 Å². The van der Waals surface area contributed by atoms with Crippen molar-refractivity contribution in [2.75, 3.05) is 12.4 Å². The number of anilines is 1. The Morgan fingerprint density at radius 1 is 1.04 bits per heavy atom. The second-order valence-corrected chi connectivity index (χ2v) is 6.38. The van der Waals surface area contributed by atoms with Crippen LogP contribution in [0.1, 0.15) is 26.5 Å². The molecule has 28 heavy (non-hydrogen) atoms. The number of hydrogen-bond acceptors (Lipinski definition) is 4. The monoisotopic (exact) mass is 396 g/mol. The van der Waals surface area contributed by atoms with Crippen LogP contribution in [0.15, 0.2) is 59.4 Å². The van der Waals surface area contributed by atoms with Crippen molar-refractivity contribution in [3.8, 4) is 5.69 Å². The van der Waals surface area contributed by atoms with Gasteiger partial charge in [0.05, 0.1) is 10.7 Å². The summed E-state index contributed by atoms with van der Waals surface area (Å²) in [7, 11) is 1.51. The smallest absolute Gasteiger partial charge is 0.280 e. The molecule has 0 unspecified atom stereocenters. The minimum absolute atomic E-state index is 0.282. The van der Waals surface area contributed by atoms with Gasteiger partial charge in [0.1, 0.15) is 0 Å². The van der Waals surface area contributed by atoms with Crippen LogP contribution in [0.2, 0.25) is 5.02 Å². The number of amides is 2. The molecule has 0 aliphatic heterocycles. The molecule has 1 heterocycles. The predicted molar refractivity (Wildman–Crippen MR) is 107 cm³/mol. The maximum Gasteiger partial charge on any atom is 0.280 e. The summed E-state index contributed by atoms with van der Waals surface area (Å²) >= 11 is 6.22. The Hall–Kier alpha value is -3.45. The van der Waals surface area contributed by atoms with Crippen LogP contribution in [0, 0.1) is 6.92 Å². The summed E-state index contributed by atoms with van der Waals surface area (Å²) in [4.78, 5) is 36.7. The summed E-state index contributed by atoms with van der Waals surface area (Å²) in [6.07, 6.45) is 0. The molecule has 0 saturated heterocycles. The third-order valence-electron chi connectivity index (χ3n) is 4.01. The third kappa shape index (κ3) is 3.94. The molecule has 0 fully saturated rings. The molecule has 2 aromatic carbocycles. The molecule has 0 aliphatic rings. The summed E-state index contributed by atoms with van der Waals surface area (Å²) in [5.74, 6) is -0.967. The van der Waals surface area contributed by atoms with Crippen molar-refractivity contribution in [3.05, 3.63) is 86.8 Å². The molecule has 1 aromatic heterocycles. The van der Waals surface area contributed by atoms with Gasteiger partial charge >= 0.3 is 0 Å². The summed E-state index contributed by atoms with van der Waals surface area (Å²) in [6, 6.07) is 14.7. The second-order valence-electron chi connectivity index (χ2n) is 5.98. The Bertz CT molecular complexity index is 1120. The van der Waals surface area contributed by atoms with Crippen molar-refractivity contribution in [1.82, 2.24) is 15.1 Å². The zero-order valence-corrected chi connectivity index (χ0v) is 15.9. The molecular weight excluding hydrogens is 380 g/mol. The van der Waals surface area contributed by atoms with E-state index < -0.39 is 11.3 Å². The van der Waals surface area contributed by atoms with E-state index in [9.17, 15) is 14.4 Å². The molecule has 0 bridgehead atoms. The van der Waals surface area contributed by atoms with E-state index >= 15 is 0 Å². The number of aryl methyl sites for hydroxylation is 1. The van der Waals surface area contributed by atoms with Crippen LogP contribution in [0.4, 0.5) is 5.69 Å². The van der Waals surface area contributed by atoms with Crippen LogP contribution in [-0.2, 0) is 0 Å². The largest absolute Gasteiger partial charge is 0.355 e. The van der Waals surface area contributed by atoms with E-state index in [-0.39, 0.29) is 11.6 Å². The number of nitrogens with zero attached hydrogens (tertiary/aromatic N) is 2. The Morgan fingerprint density at radius 2 is 1.79 bits per heavy atom. The number of hydrogen-bond donors (Lipinski definition) is 2. The van der Waals surface area contributed by atoms with Crippen LogP contribution in [-0.4, -0.2) is 28.6 Å². The molecule has 2 N–H and O–H groups in total. The van der Waals surface area contributed by atoms with Crippen LogP contribution >= 0.6 is 11.6 Å². The lowest BCUT2D eigenvalue weighted by Crippen LogP contribution is -2.27. The highest BCUT2D eigenvalue weighted by Crippen LogP contribution is 2.20. The molecule has 3 rings (SSSR count). The number of aromatic nitrogens is 2. The SMILES string of the molecule is CNC(=O)c1cccc(NC(=O)c2nn(-c3ccccc3Cl)c(C)cc2=O)c1. The first kappa shape index (κ1) is 19.3. The summed E-state index contributed by atoms with van der Waals surface area (Å²) in [6.45, 7) is 1.70. The van der Waals surface area contributed by atoms with Crippen molar-refractivity contribution < 1.29 is 9.59 Å². The first-order chi connectivity index (χ1) is 13.4. The highest BCUT2D eigenvalue weighted by molar-refractivity contribution is 6.32. The number of carbonyl (C=O) groups excluding carboxylic acids is 2. The fraction of sp³-hybridized carbons (Fsp3) is 0.100. The van der Waals surface area contributed by atoms with Gasteiger partial charge in [0, 0.05) is 30.1 Å². The van der Waals surface area contributed by atoms with Crippen molar-refractivity contribution in [2.24, 2.45) is 0 Å². The highest BCUT2D eigenvalue weighted by atomic mass is 35.5. The van der Waals surface area contributed by atoms with Gasteiger partial charge in [-0.1, -0.05) is 29.8 Å². The minimum Gasteiger partial charge on any atom is -0.355 e. The third-order valence-corrected chi connectivity index (χ3v) is 4.33. The van der Waals surface area contributed by atoms with Crippen molar-refractivity contribution in [1.29, 1.82) is 0 Å². The van der Waals surface area contributed by atoms with E-state index in [0.29, 0.717) is 27.7 Å². The minimum atomic E-state index is -0.681. The zero-order valence-electron chi connectivity index (χ0n) is 15.2. The molecule has 0 spiro atoms. The quantitative estimate of drug-likeness (QED) is 0.709. The number of nitrogens with one attached hydrogen (secondary N) is 2. The lowest BCUT2D eigenvalue weighted by Gasteiger charge is -2.12. The Labute approximate surface area is 166 Å². The van der Waals surface area contributed by atoms with E-state index in [1.54, 1.807) is 49.4 Å². The number of rotatable bonds is 4. The predicted octanol–water partition coefficient (Wildman–Crippen LogP) is 2.81. The van der Waals surface area contributed by atoms with Gasteiger partial charge in [0.2, 0.25) is 5.43 Å². The first-order valence-corrected chi connectivity index (χ1v) is 8.78. The van der Waals surface area contributed by atoms with Crippen LogP contribution < -0.4 is 16.1 Å². The molecule has 142 valence electrons. The van der Waals surface area contributed by atoms with Gasteiger partial charge in [-0.15, -0.1) is 0 Å². The zero-order chi connectivity index (χ0) is 20.3. The Balaban J connectivity index is 1.97. The van der Waals surface area contributed by atoms with Gasteiger partial charge in [0.15, 0.2) is 5.69 Å². The fourth-order valence-electron chi connectivity index (χ4n) is 2.64. The maximum absolute atomic E-state index is 12.6. The summed E-state index contributed by atoms with van der Waals surface area (Å²) in [5.41, 5.74) is 1.05. The van der Waals surface area contributed by atoms with Crippen LogP contribution in [0.5, 0.6) is 0 Å². The Morgan fingerprint density at radius 3 is 2.50 bits per heavy atom. The van der Waals surface area contributed by atoms with E-state index in [1.165, 1.54) is 23.9 Å². The van der Waals surface area contributed by atoms with Gasteiger partial charge in [-0.05, 0) is 37.3 Å². The normalized spacial score (nSPS) is 10.4. The van der Waals surface area contributed by atoms with E-state index in [2.05, 4.69) is 15.7 Å². The van der Waals surface area contributed by atoms with Crippen LogP contribution in [0.3, 0.4) is 0 Å². The number of para-hydroxylation sites is 1. The molecule has 0 saturated carbocycles. The molecule has 8 heteroatoms. The standard InChI is InChI=1S/C20H17ClN4O3/c1-12-10-17(26)18(24-25(12)16-9-4-3-8-15(16)21)20(28)23-14-7-5-6-13(11-14)19(27)22-2/h3-11H,1-2H3,(H,22,27)(H,23,28). The molecular formula is C20H17ClN4O3. The molecule has 7 nitrogen and oxygen atoms in total. The summed E-state index contributed by atoms with van der Waals surface area (Å²) in [5, 5.41) is 9.75. The van der Waals surface area contributed by atoms with Gasteiger partial charge in [-0.2, -0.15) is 5.10 Å². The molecule has 0 atom stereocenters. The lowest BCUT2D eigenvalue weighted by molar-refractivity contribution is 0.0961. The maximum atomic E-state index is 12.6. The average molecular weight is 397 g/mol. The lowest BCUT2D eigenvalue weighted by atomic mass is 10.2. The van der Waals surface area contributed by atoms with Crippen molar-refractivity contribution in [3.63, 3.8) is 0 Å². The van der Waals surface area contributed by atoms with E-state index in [1.807, 2.05) is 0 Å². The van der Waals surface area contributed by atoms with Crippen LogP contribution in [0.25, 0.3) is 5.69 Å². The molecule has 0 aliphatic carbocycles. The Kier molecular flexibility index (Phi) is 5.56. The van der Waals surface area contributed by atoms with Gasteiger partial charge < -0.3 is 10.6 Å². The highest BCUT2D eigenvalue weighted by Gasteiger charge is 2.17. The first-order valence-electron chi connectivity index (χ1n) is 8.40. The second kappa shape index (κ2) is 8.06. The number of halogens is 1. The number of carbonyl (C=O) groups is 2. The molecule has 2 amide bonds. The van der Waals surface area contributed by atoms with E-state index in [4.69, 9.17) is 11.6 Å². The van der Waals surface area contributed by atoms with Gasteiger partial charge in [-0.3, -0.25) is 14.4 Å². The molecule has 0 radical (unpaired) electrons.